The van der Waals surface area contributed by atoms with Gasteiger partial charge in [-0.25, -0.2) is 9.97 Å². The van der Waals surface area contributed by atoms with E-state index in [9.17, 15) is 4.79 Å². The van der Waals surface area contributed by atoms with Crippen molar-refractivity contribution in [3.8, 4) is 0 Å². The fourth-order valence-electron chi connectivity index (χ4n) is 3.70. The van der Waals surface area contributed by atoms with Crippen LogP contribution in [0.2, 0.25) is 0 Å². The van der Waals surface area contributed by atoms with Crippen molar-refractivity contribution < 1.29 is 4.79 Å². The monoisotopic (exact) mass is 286 g/mol. The van der Waals surface area contributed by atoms with Crippen LogP contribution in [0, 0.1) is 10.8 Å². The Labute approximate surface area is 127 Å². The quantitative estimate of drug-likeness (QED) is 0.772. The van der Waals surface area contributed by atoms with Crippen molar-refractivity contribution in [3.05, 3.63) is 23.3 Å². The van der Waals surface area contributed by atoms with E-state index in [-0.39, 0.29) is 11.2 Å². The number of carbonyl (C=O) groups excluding carboxylic acids is 1. The van der Waals surface area contributed by atoms with E-state index in [1.54, 1.807) is 6.20 Å². The van der Waals surface area contributed by atoms with Crippen LogP contribution >= 0.6 is 0 Å². The van der Waals surface area contributed by atoms with Gasteiger partial charge >= 0.3 is 0 Å². The Morgan fingerprint density at radius 2 is 1.71 bits per heavy atom. The molecular formula is C18H26N2O. The standard InChI is InChI=1S/C18H26N2O/c1-17(2)7-5-12(6-8-17)16-19-11-13-14(20-16)9-18(3,4)10-15(13)21/h11-12H,5-10H2,1-4H3. The fourth-order valence-corrected chi connectivity index (χ4v) is 3.70. The molecule has 21 heavy (non-hydrogen) atoms. The molecule has 0 saturated heterocycles. The summed E-state index contributed by atoms with van der Waals surface area (Å²) < 4.78 is 0. The first-order valence-corrected chi connectivity index (χ1v) is 8.15. The lowest BCUT2D eigenvalue weighted by atomic mass is 9.72. The third-order valence-corrected chi connectivity index (χ3v) is 5.18. The molecule has 3 rings (SSSR count). The highest BCUT2D eigenvalue weighted by Gasteiger charge is 2.34. The second-order valence-corrected chi connectivity index (χ2v) is 8.47. The Morgan fingerprint density at radius 3 is 2.38 bits per heavy atom. The van der Waals surface area contributed by atoms with Gasteiger partial charge in [0.15, 0.2) is 5.78 Å². The van der Waals surface area contributed by atoms with E-state index in [1.165, 1.54) is 25.7 Å². The first-order chi connectivity index (χ1) is 9.76. The molecule has 1 fully saturated rings. The molecule has 0 aliphatic heterocycles. The van der Waals surface area contributed by atoms with Crippen molar-refractivity contribution in [3.63, 3.8) is 0 Å². The van der Waals surface area contributed by atoms with E-state index in [1.807, 2.05) is 0 Å². The second kappa shape index (κ2) is 4.89. The highest BCUT2D eigenvalue weighted by atomic mass is 16.1. The van der Waals surface area contributed by atoms with Crippen LogP contribution < -0.4 is 0 Å². The van der Waals surface area contributed by atoms with E-state index in [0.717, 1.165) is 23.5 Å². The van der Waals surface area contributed by atoms with Crippen LogP contribution in [0.5, 0.6) is 0 Å². The van der Waals surface area contributed by atoms with Gasteiger partial charge < -0.3 is 0 Å². The number of hydrogen-bond donors (Lipinski definition) is 0. The average molecular weight is 286 g/mol. The molecule has 0 unspecified atom stereocenters. The van der Waals surface area contributed by atoms with Gasteiger partial charge in [-0.1, -0.05) is 27.7 Å². The Bertz CT molecular complexity index is 565. The van der Waals surface area contributed by atoms with Crippen molar-refractivity contribution in [2.45, 2.75) is 72.1 Å². The van der Waals surface area contributed by atoms with E-state index in [2.05, 4.69) is 32.7 Å². The molecule has 0 aromatic carbocycles. The van der Waals surface area contributed by atoms with Crippen LogP contribution in [0.1, 0.15) is 87.6 Å². The molecule has 0 radical (unpaired) electrons. The SMILES string of the molecule is CC1(C)CCC(c2ncc3c(n2)CC(C)(C)CC3=O)CC1. The summed E-state index contributed by atoms with van der Waals surface area (Å²) >= 11 is 0. The molecule has 2 aliphatic carbocycles. The second-order valence-electron chi connectivity index (χ2n) is 8.47. The van der Waals surface area contributed by atoms with Gasteiger partial charge in [0.05, 0.1) is 11.3 Å². The molecular weight excluding hydrogens is 260 g/mol. The highest BCUT2D eigenvalue weighted by molar-refractivity contribution is 5.98. The minimum absolute atomic E-state index is 0.0320. The zero-order valence-electron chi connectivity index (χ0n) is 13.7. The number of rotatable bonds is 1. The molecule has 3 heteroatoms. The maximum atomic E-state index is 12.2. The van der Waals surface area contributed by atoms with Gasteiger partial charge in [0.1, 0.15) is 5.82 Å². The lowest BCUT2D eigenvalue weighted by molar-refractivity contribution is 0.0909. The number of Topliss-reactive ketones (excluding diaryl/α,β-unsaturated/α-hetero) is 1. The molecule has 1 aromatic rings. The van der Waals surface area contributed by atoms with Crippen LogP contribution in [-0.2, 0) is 6.42 Å². The van der Waals surface area contributed by atoms with E-state index in [0.29, 0.717) is 17.8 Å². The van der Waals surface area contributed by atoms with E-state index in [4.69, 9.17) is 4.98 Å². The van der Waals surface area contributed by atoms with E-state index >= 15 is 0 Å². The van der Waals surface area contributed by atoms with Gasteiger partial charge in [-0.2, -0.15) is 0 Å². The predicted octanol–water partition coefficient (Wildman–Crippen LogP) is 4.32. The Hall–Kier alpha value is -1.25. The third-order valence-electron chi connectivity index (χ3n) is 5.18. The molecule has 1 saturated carbocycles. The minimum atomic E-state index is 0.0320. The molecule has 0 bridgehead atoms. The van der Waals surface area contributed by atoms with Crippen molar-refractivity contribution >= 4 is 5.78 Å². The summed E-state index contributed by atoms with van der Waals surface area (Å²) in [5, 5.41) is 0. The average Bonchev–Trinajstić information content (AvgIpc) is 2.36. The zero-order chi connectivity index (χ0) is 15.3. The van der Waals surface area contributed by atoms with Crippen molar-refractivity contribution in [2.24, 2.45) is 10.8 Å². The predicted molar refractivity (Wildman–Crippen MR) is 83.5 cm³/mol. The number of nitrogens with zero attached hydrogens (tertiary/aromatic N) is 2. The van der Waals surface area contributed by atoms with Crippen LogP contribution in [0.25, 0.3) is 0 Å². The summed E-state index contributed by atoms with van der Waals surface area (Å²) in [5.41, 5.74) is 2.23. The molecule has 0 atom stereocenters. The first kappa shape index (κ1) is 14.7. The van der Waals surface area contributed by atoms with Gasteiger partial charge in [0.25, 0.3) is 0 Å². The van der Waals surface area contributed by atoms with E-state index < -0.39 is 0 Å². The van der Waals surface area contributed by atoms with Crippen molar-refractivity contribution in [1.82, 2.24) is 9.97 Å². The zero-order valence-corrected chi connectivity index (χ0v) is 13.7. The normalized spacial score (nSPS) is 24.7. The molecule has 0 spiro atoms. The topological polar surface area (TPSA) is 42.9 Å². The van der Waals surface area contributed by atoms with Gasteiger partial charge in [0, 0.05) is 18.5 Å². The van der Waals surface area contributed by atoms with Crippen molar-refractivity contribution in [1.29, 1.82) is 0 Å². The summed E-state index contributed by atoms with van der Waals surface area (Å²) in [6.45, 7) is 8.99. The maximum absolute atomic E-state index is 12.2. The summed E-state index contributed by atoms with van der Waals surface area (Å²) in [6, 6.07) is 0. The fraction of sp³-hybridized carbons (Fsp3) is 0.722. The number of aromatic nitrogens is 2. The molecule has 0 N–H and O–H groups in total. The van der Waals surface area contributed by atoms with Crippen LogP contribution in [0.3, 0.4) is 0 Å². The lowest BCUT2D eigenvalue weighted by Gasteiger charge is -2.34. The van der Waals surface area contributed by atoms with Gasteiger partial charge in [-0.05, 0) is 42.9 Å². The first-order valence-electron chi connectivity index (χ1n) is 8.15. The molecule has 1 heterocycles. The Morgan fingerprint density at radius 1 is 1.05 bits per heavy atom. The smallest absolute Gasteiger partial charge is 0.166 e. The Balaban J connectivity index is 1.85. The number of fused-ring (bicyclic) bond motifs is 1. The van der Waals surface area contributed by atoms with Crippen molar-refractivity contribution in [2.75, 3.05) is 0 Å². The van der Waals surface area contributed by atoms with Gasteiger partial charge in [-0.15, -0.1) is 0 Å². The lowest BCUT2D eigenvalue weighted by Crippen LogP contribution is -2.29. The molecule has 0 amide bonds. The van der Waals surface area contributed by atoms with Crippen LogP contribution in [0.15, 0.2) is 6.20 Å². The number of carbonyl (C=O) groups is 1. The minimum Gasteiger partial charge on any atom is -0.294 e. The van der Waals surface area contributed by atoms with Gasteiger partial charge in [0.2, 0.25) is 0 Å². The molecule has 3 nitrogen and oxygen atoms in total. The number of hydrogen-bond acceptors (Lipinski definition) is 3. The Kier molecular flexibility index (Phi) is 3.42. The van der Waals surface area contributed by atoms with Crippen LogP contribution in [0.4, 0.5) is 0 Å². The highest BCUT2D eigenvalue weighted by Crippen LogP contribution is 2.42. The third kappa shape index (κ3) is 3.02. The molecule has 1 aromatic heterocycles. The molecule has 2 aliphatic rings. The molecule has 114 valence electrons. The summed E-state index contributed by atoms with van der Waals surface area (Å²) in [4.78, 5) is 21.5. The largest absolute Gasteiger partial charge is 0.294 e. The maximum Gasteiger partial charge on any atom is 0.166 e. The summed E-state index contributed by atoms with van der Waals surface area (Å²) in [6.07, 6.45) is 8.11. The number of ketones is 1. The summed E-state index contributed by atoms with van der Waals surface area (Å²) in [5.74, 6) is 1.65. The summed E-state index contributed by atoms with van der Waals surface area (Å²) in [7, 11) is 0. The van der Waals surface area contributed by atoms with Crippen LogP contribution in [-0.4, -0.2) is 15.8 Å². The van der Waals surface area contributed by atoms with Gasteiger partial charge in [-0.3, -0.25) is 4.79 Å².